The number of benzene rings is 1. The second kappa shape index (κ2) is 11.4. The van der Waals surface area contributed by atoms with Gasteiger partial charge in [0.25, 0.3) is 0 Å². The molecule has 1 unspecified atom stereocenters. The summed E-state index contributed by atoms with van der Waals surface area (Å²) in [5, 5.41) is 6.74. The van der Waals surface area contributed by atoms with Gasteiger partial charge in [-0.3, -0.25) is 14.6 Å². The fourth-order valence-electron chi connectivity index (χ4n) is 3.77. The fraction of sp³-hybridized carbons (Fsp3) is 0.571. The van der Waals surface area contributed by atoms with E-state index >= 15 is 0 Å². The van der Waals surface area contributed by atoms with Crippen molar-refractivity contribution in [2.75, 3.05) is 31.6 Å². The molecule has 2 saturated heterocycles. The average Bonchev–Trinajstić information content (AvgIpc) is 3.20. The maximum absolute atomic E-state index is 12.0. The molecular weight excluding hydrogens is 481 g/mol. The first-order valence-electron chi connectivity index (χ1n) is 10.2. The Morgan fingerprint density at radius 2 is 1.97 bits per heavy atom. The number of nitrogens with zero attached hydrogens (tertiary/aromatic N) is 3. The number of likely N-dealkylation sites (tertiary alicyclic amines) is 1. The van der Waals surface area contributed by atoms with Gasteiger partial charge in [0.2, 0.25) is 11.8 Å². The van der Waals surface area contributed by atoms with Gasteiger partial charge in [0.05, 0.1) is 0 Å². The van der Waals surface area contributed by atoms with Crippen LogP contribution in [0.2, 0.25) is 0 Å². The smallest absolute Gasteiger partial charge is 0.226 e. The molecule has 2 aliphatic heterocycles. The van der Waals surface area contributed by atoms with Crippen molar-refractivity contribution >= 4 is 47.4 Å². The maximum Gasteiger partial charge on any atom is 0.226 e. The minimum Gasteiger partial charge on any atom is -0.352 e. The van der Waals surface area contributed by atoms with Crippen LogP contribution in [0.1, 0.15) is 44.6 Å². The first kappa shape index (κ1) is 23.4. The average molecular weight is 513 g/mol. The van der Waals surface area contributed by atoms with Gasteiger partial charge in [-0.25, -0.2) is 0 Å². The molecule has 29 heavy (non-hydrogen) atoms. The lowest BCUT2D eigenvalue weighted by Crippen LogP contribution is -2.44. The molecule has 0 bridgehead atoms. The van der Waals surface area contributed by atoms with E-state index < -0.39 is 0 Å². The van der Waals surface area contributed by atoms with Crippen molar-refractivity contribution in [3.05, 3.63) is 29.8 Å². The maximum atomic E-state index is 12.0. The Kier molecular flexibility index (Phi) is 9.19. The highest BCUT2D eigenvalue weighted by atomic mass is 127. The number of anilines is 1. The summed E-state index contributed by atoms with van der Waals surface area (Å²) in [4.78, 5) is 31.9. The minimum atomic E-state index is 0. The third-order valence-corrected chi connectivity index (χ3v) is 5.44. The Bertz CT molecular complexity index is 722. The minimum absolute atomic E-state index is 0. The van der Waals surface area contributed by atoms with Crippen LogP contribution in [0.4, 0.5) is 5.69 Å². The zero-order chi connectivity index (χ0) is 19.9. The summed E-state index contributed by atoms with van der Waals surface area (Å²) in [6, 6.07) is 8.36. The largest absolute Gasteiger partial charge is 0.352 e. The third kappa shape index (κ3) is 6.32. The number of rotatable bonds is 5. The molecule has 0 saturated carbocycles. The van der Waals surface area contributed by atoms with E-state index in [4.69, 9.17) is 0 Å². The molecule has 0 aromatic heterocycles. The van der Waals surface area contributed by atoms with Crippen LogP contribution >= 0.6 is 24.0 Å². The van der Waals surface area contributed by atoms with Crippen molar-refractivity contribution in [1.82, 2.24) is 15.5 Å². The SMILES string of the molecule is CCC(=O)N1CCC(NC(=NC)NCc2ccc(N3CCCCC3=O)cc2)C1.I. The summed E-state index contributed by atoms with van der Waals surface area (Å²) < 4.78 is 0. The molecule has 0 aliphatic carbocycles. The van der Waals surface area contributed by atoms with Crippen molar-refractivity contribution < 1.29 is 9.59 Å². The van der Waals surface area contributed by atoms with E-state index in [0.717, 1.165) is 56.1 Å². The Hall–Kier alpha value is -1.84. The summed E-state index contributed by atoms with van der Waals surface area (Å²) in [6.45, 7) is 4.89. The number of hydrogen-bond donors (Lipinski definition) is 2. The normalized spacial score (nSPS) is 19.7. The van der Waals surface area contributed by atoms with Crippen molar-refractivity contribution in [1.29, 1.82) is 0 Å². The van der Waals surface area contributed by atoms with E-state index in [1.54, 1.807) is 7.05 Å². The highest BCUT2D eigenvalue weighted by Crippen LogP contribution is 2.21. The van der Waals surface area contributed by atoms with E-state index in [9.17, 15) is 9.59 Å². The van der Waals surface area contributed by atoms with E-state index in [2.05, 4.69) is 27.8 Å². The van der Waals surface area contributed by atoms with Gasteiger partial charge in [-0.1, -0.05) is 19.1 Å². The van der Waals surface area contributed by atoms with Crippen LogP contribution < -0.4 is 15.5 Å². The number of aliphatic imine (C=N–C) groups is 1. The molecule has 7 nitrogen and oxygen atoms in total. The van der Waals surface area contributed by atoms with E-state index in [1.165, 1.54) is 0 Å². The fourth-order valence-corrected chi connectivity index (χ4v) is 3.77. The second-order valence-corrected chi connectivity index (χ2v) is 7.42. The number of carbonyl (C=O) groups excluding carboxylic acids is 2. The molecule has 160 valence electrons. The van der Waals surface area contributed by atoms with Crippen LogP contribution in [0.3, 0.4) is 0 Å². The number of halogens is 1. The van der Waals surface area contributed by atoms with Gasteiger partial charge in [-0.15, -0.1) is 24.0 Å². The summed E-state index contributed by atoms with van der Waals surface area (Å²) in [7, 11) is 1.75. The lowest BCUT2D eigenvalue weighted by Gasteiger charge is -2.27. The van der Waals surface area contributed by atoms with Gasteiger partial charge < -0.3 is 20.4 Å². The van der Waals surface area contributed by atoms with Crippen molar-refractivity contribution in [2.45, 2.75) is 51.6 Å². The highest BCUT2D eigenvalue weighted by molar-refractivity contribution is 14.0. The molecular formula is C21H32IN5O2. The molecule has 0 spiro atoms. The Morgan fingerprint density at radius 3 is 2.62 bits per heavy atom. The van der Waals surface area contributed by atoms with E-state index in [0.29, 0.717) is 19.4 Å². The monoisotopic (exact) mass is 513 g/mol. The van der Waals surface area contributed by atoms with Crippen LogP contribution in [0.25, 0.3) is 0 Å². The van der Waals surface area contributed by atoms with Crippen LogP contribution in [0, 0.1) is 0 Å². The van der Waals surface area contributed by atoms with Gasteiger partial charge >= 0.3 is 0 Å². The molecule has 2 amide bonds. The molecule has 1 atom stereocenters. The number of nitrogens with one attached hydrogen (secondary N) is 2. The van der Waals surface area contributed by atoms with Crippen molar-refractivity contribution in [3.8, 4) is 0 Å². The number of piperidine rings is 1. The predicted molar refractivity (Wildman–Crippen MR) is 127 cm³/mol. The molecule has 2 aliphatic rings. The van der Waals surface area contributed by atoms with Gasteiger partial charge in [-0.05, 0) is 37.0 Å². The number of guanidine groups is 1. The lowest BCUT2D eigenvalue weighted by atomic mass is 10.1. The Morgan fingerprint density at radius 1 is 1.21 bits per heavy atom. The first-order valence-corrected chi connectivity index (χ1v) is 10.2. The zero-order valence-corrected chi connectivity index (χ0v) is 19.6. The summed E-state index contributed by atoms with van der Waals surface area (Å²) >= 11 is 0. The van der Waals surface area contributed by atoms with Crippen molar-refractivity contribution in [3.63, 3.8) is 0 Å². The molecule has 1 aromatic rings. The first-order chi connectivity index (χ1) is 13.6. The molecule has 1 aromatic carbocycles. The van der Waals surface area contributed by atoms with Gasteiger partial charge in [0.15, 0.2) is 5.96 Å². The number of hydrogen-bond acceptors (Lipinski definition) is 3. The predicted octanol–water partition coefficient (Wildman–Crippen LogP) is 2.50. The van der Waals surface area contributed by atoms with E-state index in [1.807, 2.05) is 28.9 Å². The zero-order valence-electron chi connectivity index (χ0n) is 17.3. The Balaban J connectivity index is 0.00000300. The molecule has 8 heteroatoms. The van der Waals surface area contributed by atoms with E-state index in [-0.39, 0.29) is 41.8 Å². The van der Waals surface area contributed by atoms with Crippen LogP contribution in [0.5, 0.6) is 0 Å². The van der Waals surface area contributed by atoms with Crippen LogP contribution in [-0.4, -0.2) is 55.4 Å². The summed E-state index contributed by atoms with van der Waals surface area (Å²) in [5.41, 5.74) is 2.10. The molecule has 2 N–H and O–H groups in total. The molecule has 2 heterocycles. The third-order valence-electron chi connectivity index (χ3n) is 5.44. The topological polar surface area (TPSA) is 77.0 Å². The van der Waals surface area contributed by atoms with Gasteiger partial charge in [0.1, 0.15) is 0 Å². The van der Waals surface area contributed by atoms with Crippen molar-refractivity contribution in [2.24, 2.45) is 4.99 Å². The summed E-state index contributed by atoms with van der Waals surface area (Å²) in [6.07, 6.45) is 4.20. The molecule has 2 fully saturated rings. The Labute approximate surface area is 190 Å². The summed E-state index contributed by atoms with van der Waals surface area (Å²) in [5.74, 6) is 1.17. The lowest BCUT2D eigenvalue weighted by molar-refractivity contribution is -0.129. The number of amides is 2. The van der Waals surface area contributed by atoms with Crippen LogP contribution in [-0.2, 0) is 16.1 Å². The molecule has 0 radical (unpaired) electrons. The molecule has 3 rings (SSSR count). The second-order valence-electron chi connectivity index (χ2n) is 7.42. The van der Waals surface area contributed by atoms with Gasteiger partial charge in [-0.2, -0.15) is 0 Å². The quantitative estimate of drug-likeness (QED) is 0.361. The van der Waals surface area contributed by atoms with Crippen LogP contribution in [0.15, 0.2) is 29.3 Å². The highest BCUT2D eigenvalue weighted by Gasteiger charge is 2.25. The standard InChI is InChI=1S/C21H31N5O2.HI/c1-3-19(27)25-13-11-17(15-25)24-21(22-2)23-14-16-7-9-18(10-8-16)26-12-5-4-6-20(26)28;/h7-10,17H,3-6,11-15H2,1-2H3,(H2,22,23,24);1H. The van der Waals surface area contributed by atoms with Gasteiger partial charge in [0, 0.05) is 57.8 Å². The number of carbonyl (C=O) groups is 2.